The third-order valence-corrected chi connectivity index (χ3v) is 3.02. The number of hydrogen-bond acceptors (Lipinski definition) is 3. The second-order valence-corrected chi connectivity index (χ2v) is 4.90. The molecule has 4 nitrogen and oxygen atoms in total. The molecule has 0 bridgehead atoms. The zero-order valence-electron chi connectivity index (χ0n) is 11.4. The molecule has 100 valence electrons. The van der Waals surface area contributed by atoms with Crippen LogP contribution in [-0.4, -0.2) is 10.9 Å². The van der Waals surface area contributed by atoms with Crippen molar-refractivity contribution in [3.05, 3.63) is 47.7 Å². The average molecular weight is 258 g/mol. The molecule has 1 aromatic heterocycles. The lowest BCUT2D eigenvalue weighted by atomic mass is 9.98. The van der Waals surface area contributed by atoms with E-state index in [4.69, 9.17) is 4.42 Å². The molecular weight excluding hydrogens is 240 g/mol. The fourth-order valence-corrected chi connectivity index (χ4v) is 2.02. The number of para-hydroxylation sites is 1. The van der Waals surface area contributed by atoms with E-state index in [9.17, 15) is 4.79 Å². The van der Waals surface area contributed by atoms with Crippen molar-refractivity contribution in [2.75, 3.05) is 5.32 Å². The summed E-state index contributed by atoms with van der Waals surface area (Å²) in [6, 6.07) is 6.05. The minimum Gasteiger partial charge on any atom is -0.451 e. The van der Waals surface area contributed by atoms with Gasteiger partial charge in [0.05, 0.1) is 12.1 Å². The Labute approximate surface area is 112 Å². The second kappa shape index (κ2) is 5.69. The predicted molar refractivity (Wildman–Crippen MR) is 74.1 cm³/mol. The van der Waals surface area contributed by atoms with Gasteiger partial charge in [-0.3, -0.25) is 4.79 Å². The molecule has 0 saturated carbocycles. The van der Waals surface area contributed by atoms with Crippen LogP contribution in [0.25, 0.3) is 0 Å². The van der Waals surface area contributed by atoms with E-state index in [0.29, 0.717) is 11.6 Å². The summed E-state index contributed by atoms with van der Waals surface area (Å²) in [4.78, 5) is 16.0. The van der Waals surface area contributed by atoms with Crippen LogP contribution < -0.4 is 5.32 Å². The van der Waals surface area contributed by atoms with Crippen LogP contribution in [0.4, 0.5) is 5.69 Å². The van der Waals surface area contributed by atoms with Crippen LogP contribution in [0.15, 0.2) is 35.3 Å². The first-order valence-corrected chi connectivity index (χ1v) is 6.34. The first-order valence-electron chi connectivity index (χ1n) is 6.34. The molecule has 0 aliphatic rings. The van der Waals surface area contributed by atoms with Gasteiger partial charge in [0.15, 0.2) is 6.39 Å². The monoisotopic (exact) mass is 258 g/mol. The number of rotatable bonds is 4. The maximum atomic E-state index is 12.0. The first-order chi connectivity index (χ1) is 9.08. The van der Waals surface area contributed by atoms with Crippen LogP contribution in [-0.2, 0) is 11.2 Å². The highest BCUT2D eigenvalue weighted by Gasteiger charge is 2.13. The Morgan fingerprint density at radius 2 is 2.21 bits per heavy atom. The van der Waals surface area contributed by atoms with Crippen molar-refractivity contribution in [2.24, 2.45) is 0 Å². The number of carbonyl (C=O) groups is 1. The number of nitrogens with one attached hydrogen (secondary N) is 1. The van der Waals surface area contributed by atoms with E-state index in [-0.39, 0.29) is 12.3 Å². The van der Waals surface area contributed by atoms with Gasteiger partial charge in [-0.2, -0.15) is 0 Å². The van der Waals surface area contributed by atoms with E-state index < -0.39 is 0 Å². The molecule has 0 aliphatic heterocycles. The number of aromatic nitrogens is 1. The predicted octanol–water partition coefficient (Wildman–Crippen LogP) is 3.29. The van der Waals surface area contributed by atoms with Crippen molar-refractivity contribution in [3.8, 4) is 0 Å². The van der Waals surface area contributed by atoms with Crippen LogP contribution in [0.2, 0.25) is 0 Å². The maximum Gasteiger partial charge on any atom is 0.230 e. The van der Waals surface area contributed by atoms with E-state index >= 15 is 0 Å². The number of hydrogen-bond donors (Lipinski definition) is 1. The van der Waals surface area contributed by atoms with Crippen LogP contribution in [0.5, 0.6) is 0 Å². The SMILES string of the molecule is Cc1cccc(C(C)C)c1NC(=O)Cc1cocn1. The molecular formula is C15H18N2O2. The van der Waals surface area contributed by atoms with E-state index in [1.54, 1.807) is 0 Å². The van der Waals surface area contributed by atoms with E-state index in [2.05, 4.69) is 24.1 Å². The summed E-state index contributed by atoms with van der Waals surface area (Å²) < 4.78 is 4.86. The van der Waals surface area contributed by atoms with Gasteiger partial charge in [0.25, 0.3) is 0 Å². The topological polar surface area (TPSA) is 55.1 Å². The molecule has 0 radical (unpaired) electrons. The van der Waals surface area contributed by atoms with Gasteiger partial charge in [0.1, 0.15) is 6.26 Å². The van der Waals surface area contributed by atoms with Crippen molar-refractivity contribution >= 4 is 11.6 Å². The summed E-state index contributed by atoms with van der Waals surface area (Å²) in [5.74, 6) is 0.285. The fraction of sp³-hybridized carbons (Fsp3) is 0.333. The lowest BCUT2D eigenvalue weighted by Gasteiger charge is -2.16. The number of aryl methyl sites for hydroxylation is 1. The minimum atomic E-state index is -0.0786. The van der Waals surface area contributed by atoms with Crippen molar-refractivity contribution < 1.29 is 9.21 Å². The molecule has 2 aromatic rings. The first kappa shape index (κ1) is 13.3. The molecule has 0 unspecified atom stereocenters. The normalized spacial score (nSPS) is 10.7. The van der Waals surface area contributed by atoms with Gasteiger partial charge in [0.2, 0.25) is 5.91 Å². The van der Waals surface area contributed by atoms with Gasteiger partial charge in [0, 0.05) is 5.69 Å². The standard InChI is InChI=1S/C15H18N2O2/c1-10(2)13-6-4-5-11(3)15(13)17-14(18)7-12-8-19-9-16-12/h4-6,8-10H,7H2,1-3H3,(H,17,18). The summed E-state index contributed by atoms with van der Waals surface area (Å²) in [7, 11) is 0. The fourth-order valence-electron chi connectivity index (χ4n) is 2.02. The summed E-state index contributed by atoms with van der Waals surface area (Å²) in [5, 5.41) is 2.98. The Morgan fingerprint density at radius 1 is 1.42 bits per heavy atom. The third-order valence-electron chi connectivity index (χ3n) is 3.02. The zero-order valence-corrected chi connectivity index (χ0v) is 11.4. The average Bonchev–Trinajstić information content (AvgIpc) is 2.84. The van der Waals surface area contributed by atoms with Gasteiger partial charge in [-0.25, -0.2) is 4.98 Å². The molecule has 19 heavy (non-hydrogen) atoms. The largest absolute Gasteiger partial charge is 0.451 e. The van der Waals surface area contributed by atoms with Crippen molar-refractivity contribution in [1.82, 2.24) is 4.98 Å². The zero-order chi connectivity index (χ0) is 13.8. The van der Waals surface area contributed by atoms with Crippen LogP contribution >= 0.6 is 0 Å². The second-order valence-electron chi connectivity index (χ2n) is 4.90. The molecule has 0 saturated heterocycles. The molecule has 0 aliphatic carbocycles. The van der Waals surface area contributed by atoms with Crippen molar-refractivity contribution in [1.29, 1.82) is 0 Å². The molecule has 2 rings (SSSR count). The molecule has 1 amide bonds. The molecule has 1 heterocycles. The highest BCUT2D eigenvalue weighted by atomic mass is 16.3. The lowest BCUT2D eigenvalue weighted by molar-refractivity contribution is -0.115. The van der Waals surface area contributed by atoms with Gasteiger partial charge >= 0.3 is 0 Å². The van der Waals surface area contributed by atoms with Crippen molar-refractivity contribution in [2.45, 2.75) is 33.1 Å². The quantitative estimate of drug-likeness (QED) is 0.915. The number of anilines is 1. The van der Waals surface area contributed by atoms with Gasteiger partial charge in [-0.1, -0.05) is 32.0 Å². The Hall–Kier alpha value is -2.10. The number of benzene rings is 1. The smallest absolute Gasteiger partial charge is 0.230 e. The molecule has 0 atom stereocenters. The summed E-state index contributed by atoms with van der Waals surface area (Å²) >= 11 is 0. The molecule has 1 aromatic carbocycles. The van der Waals surface area contributed by atoms with E-state index in [1.807, 2.05) is 25.1 Å². The molecule has 0 spiro atoms. The van der Waals surface area contributed by atoms with Crippen molar-refractivity contribution in [3.63, 3.8) is 0 Å². The Bertz CT molecular complexity index is 560. The Balaban J connectivity index is 2.16. The van der Waals surface area contributed by atoms with Crippen LogP contribution in [0.1, 0.15) is 36.6 Å². The summed E-state index contributed by atoms with van der Waals surface area (Å²) in [6.07, 6.45) is 3.04. The molecule has 4 heteroatoms. The molecule has 0 fully saturated rings. The maximum absolute atomic E-state index is 12.0. The van der Waals surface area contributed by atoms with Gasteiger partial charge < -0.3 is 9.73 Å². The van der Waals surface area contributed by atoms with Crippen LogP contribution in [0.3, 0.4) is 0 Å². The van der Waals surface area contributed by atoms with E-state index in [1.165, 1.54) is 12.7 Å². The van der Waals surface area contributed by atoms with E-state index in [0.717, 1.165) is 16.8 Å². The Kier molecular flexibility index (Phi) is 4.00. The highest BCUT2D eigenvalue weighted by Crippen LogP contribution is 2.27. The number of carbonyl (C=O) groups excluding carboxylic acids is 1. The molecule has 1 N–H and O–H groups in total. The highest BCUT2D eigenvalue weighted by molar-refractivity contribution is 5.93. The van der Waals surface area contributed by atoms with Gasteiger partial charge in [-0.05, 0) is 24.0 Å². The Morgan fingerprint density at radius 3 is 2.84 bits per heavy atom. The minimum absolute atomic E-state index is 0.0786. The number of nitrogens with zero attached hydrogens (tertiary/aromatic N) is 1. The lowest BCUT2D eigenvalue weighted by Crippen LogP contribution is -2.17. The third kappa shape index (κ3) is 3.22. The summed E-state index contributed by atoms with van der Waals surface area (Å²) in [6.45, 7) is 6.22. The number of oxazole rings is 1. The van der Waals surface area contributed by atoms with Crippen LogP contribution in [0, 0.1) is 6.92 Å². The number of amides is 1. The van der Waals surface area contributed by atoms with Gasteiger partial charge in [-0.15, -0.1) is 0 Å². The summed E-state index contributed by atoms with van der Waals surface area (Å²) in [5.41, 5.74) is 3.76.